The minimum atomic E-state index is 0.662. The van der Waals surface area contributed by atoms with Crippen molar-refractivity contribution >= 4 is 0 Å². The molecule has 8 aromatic rings. The van der Waals surface area contributed by atoms with Crippen molar-refractivity contribution < 1.29 is 0 Å². The van der Waals surface area contributed by atoms with Crippen LogP contribution in [0.25, 0.3) is 78.9 Å². The van der Waals surface area contributed by atoms with Crippen molar-refractivity contribution in [3.05, 3.63) is 176 Å². The molecule has 4 aromatic heterocycles. The molecule has 0 amide bonds. The van der Waals surface area contributed by atoms with Gasteiger partial charge in [0.15, 0.2) is 5.82 Å². The zero-order valence-electron chi connectivity index (χ0n) is 26.0. The van der Waals surface area contributed by atoms with E-state index in [0.29, 0.717) is 5.82 Å². The van der Waals surface area contributed by atoms with Gasteiger partial charge in [0.2, 0.25) is 0 Å². The van der Waals surface area contributed by atoms with Gasteiger partial charge in [-0.3, -0.25) is 9.97 Å². The van der Waals surface area contributed by atoms with E-state index in [4.69, 9.17) is 19.9 Å². The molecule has 0 saturated heterocycles. The van der Waals surface area contributed by atoms with E-state index < -0.39 is 0 Å². The molecule has 0 aliphatic heterocycles. The first-order valence-corrected chi connectivity index (χ1v) is 15.8. The van der Waals surface area contributed by atoms with E-state index in [-0.39, 0.29) is 0 Å². The Labute approximate surface area is 279 Å². The maximum atomic E-state index is 5.03. The van der Waals surface area contributed by atoms with Crippen LogP contribution in [0, 0.1) is 0 Å². The van der Waals surface area contributed by atoms with Crippen LogP contribution in [0.5, 0.6) is 0 Å². The number of rotatable bonds is 7. The molecule has 0 fully saturated rings. The predicted octanol–water partition coefficient (Wildman–Crippen LogP) is 10.3. The average Bonchev–Trinajstić information content (AvgIpc) is 3.19. The zero-order valence-corrected chi connectivity index (χ0v) is 26.0. The minimum absolute atomic E-state index is 0.662. The Kier molecular flexibility index (Phi) is 7.83. The Hall–Kier alpha value is -6.59. The Bertz CT molecular complexity index is 2250. The van der Waals surface area contributed by atoms with E-state index in [9.17, 15) is 0 Å². The molecule has 0 unspecified atom stereocenters. The van der Waals surface area contributed by atoms with Crippen LogP contribution in [0.4, 0.5) is 0 Å². The van der Waals surface area contributed by atoms with Gasteiger partial charge in [-0.2, -0.15) is 0 Å². The van der Waals surface area contributed by atoms with E-state index in [0.717, 1.165) is 73.1 Å². The Morgan fingerprint density at radius 2 is 0.833 bits per heavy atom. The SMILES string of the molecule is c1ccc(-c2cccc(-c3cc(-c4ccc(-c5cc(-c6ccccc6)cc(-c6ccccn6)n5)nc4)nc(-c4ccccc4)n3)c2)cc1. The molecule has 0 bridgehead atoms. The summed E-state index contributed by atoms with van der Waals surface area (Å²) in [4.78, 5) is 24.5. The summed E-state index contributed by atoms with van der Waals surface area (Å²) in [6.45, 7) is 0. The van der Waals surface area contributed by atoms with Gasteiger partial charge in [0.25, 0.3) is 0 Å². The Morgan fingerprint density at radius 3 is 1.46 bits per heavy atom. The molecule has 226 valence electrons. The first kappa shape index (κ1) is 28.9. The van der Waals surface area contributed by atoms with Crippen molar-refractivity contribution in [3.63, 3.8) is 0 Å². The Morgan fingerprint density at radius 1 is 0.271 bits per heavy atom. The fourth-order valence-electron chi connectivity index (χ4n) is 5.75. The van der Waals surface area contributed by atoms with Gasteiger partial charge >= 0.3 is 0 Å². The summed E-state index contributed by atoms with van der Waals surface area (Å²) in [5.74, 6) is 0.662. The number of pyridine rings is 3. The van der Waals surface area contributed by atoms with Crippen LogP contribution in [0.15, 0.2) is 176 Å². The van der Waals surface area contributed by atoms with Crippen molar-refractivity contribution in [1.82, 2.24) is 24.9 Å². The van der Waals surface area contributed by atoms with Crippen LogP contribution >= 0.6 is 0 Å². The smallest absolute Gasteiger partial charge is 0.160 e. The highest BCUT2D eigenvalue weighted by molar-refractivity contribution is 5.77. The van der Waals surface area contributed by atoms with Crippen molar-refractivity contribution in [2.24, 2.45) is 0 Å². The van der Waals surface area contributed by atoms with Crippen LogP contribution in [-0.4, -0.2) is 24.9 Å². The summed E-state index contributed by atoms with van der Waals surface area (Å²) in [5.41, 5.74) is 12.1. The third kappa shape index (κ3) is 6.13. The average molecular weight is 616 g/mol. The van der Waals surface area contributed by atoms with Gasteiger partial charge in [-0.1, -0.05) is 115 Å². The molecule has 5 nitrogen and oxygen atoms in total. The van der Waals surface area contributed by atoms with Gasteiger partial charge in [0, 0.05) is 29.1 Å². The van der Waals surface area contributed by atoms with Crippen LogP contribution in [0.2, 0.25) is 0 Å². The first-order chi connectivity index (χ1) is 23.8. The molecule has 0 N–H and O–H groups in total. The third-order valence-corrected chi connectivity index (χ3v) is 8.21. The first-order valence-electron chi connectivity index (χ1n) is 15.8. The highest BCUT2D eigenvalue weighted by Crippen LogP contribution is 2.32. The van der Waals surface area contributed by atoms with Crippen molar-refractivity contribution in [1.29, 1.82) is 0 Å². The van der Waals surface area contributed by atoms with Crippen LogP contribution in [-0.2, 0) is 0 Å². The molecule has 0 radical (unpaired) electrons. The van der Waals surface area contributed by atoms with Gasteiger partial charge < -0.3 is 0 Å². The lowest BCUT2D eigenvalue weighted by atomic mass is 10.0. The summed E-state index contributed by atoms with van der Waals surface area (Å²) in [7, 11) is 0. The van der Waals surface area contributed by atoms with E-state index in [1.807, 2.05) is 91.1 Å². The molecule has 4 aromatic carbocycles. The zero-order chi connectivity index (χ0) is 32.1. The molecule has 0 aliphatic rings. The molecule has 0 spiro atoms. The Balaban J connectivity index is 1.20. The molecule has 0 aliphatic carbocycles. The van der Waals surface area contributed by atoms with Crippen molar-refractivity contribution in [2.75, 3.05) is 0 Å². The maximum absolute atomic E-state index is 5.03. The summed E-state index contributed by atoms with van der Waals surface area (Å²) < 4.78 is 0. The van der Waals surface area contributed by atoms with Gasteiger partial charge in [-0.25, -0.2) is 15.0 Å². The number of benzene rings is 4. The van der Waals surface area contributed by atoms with Crippen LogP contribution in [0.3, 0.4) is 0 Å². The molecule has 8 rings (SSSR count). The number of nitrogens with zero attached hydrogens (tertiary/aromatic N) is 5. The predicted molar refractivity (Wildman–Crippen MR) is 193 cm³/mol. The summed E-state index contributed by atoms with van der Waals surface area (Å²) in [6.07, 6.45) is 3.66. The fraction of sp³-hybridized carbons (Fsp3) is 0. The second-order valence-electron chi connectivity index (χ2n) is 11.4. The minimum Gasteiger partial charge on any atom is -0.255 e. The van der Waals surface area contributed by atoms with Crippen molar-refractivity contribution in [2.45, 2.75) is 0 Å². The van der Waals surface area contributed by atoms with E-state index in [2.05, 4.69) is 83.8 Å². The quantitative estimate of drug-likeness (QED) is 0.178. The lowest BCUT2D eigenvalue weighted by Crippen LogP contribution is -1.97. The third-order valence-electron chi connectivity index (χ3n) is 8.21. The van der Waals surface area contributed by atoms with Gasteiger partial charge in [0.05, 0.1) is 34.2 Å². The number of hydrogen-bond donors (Lipinski definition) is 0. The van der Waals surface area contributed by atoms with Crippen molar-refractivity contribution in [3.8, 4) is 78.9 Å². The van der Waals surface area contributed by atoms with Crippen LogP contribution < -0.4 is 0 Å². The monoisotopic (exact) mass is 615 g/mol. The second-order valence-corrected chi connectivity index (χ2v) is 11.4. The van der Waals surface area contributed by atoms with E-state index in [1.54, 1.807) is 6.20 Å². The maximum Gasteiger partial charge on any atom is 0.160 e. The fourth-order valence-corrected chi connectivity index (χ4v) is 5.75. The highest BCUT2D eigenvalue weighted by atomic mass is 14.9. The molecular formula is C43H29N5. The molecule has 5 heteroatoms. The van der Waals surface area contributed by atoms with Gasteiger partial charge in [-0.15, -0.1) is 0 Å². The summed E-state index contributed by atoms with van der Waals surface area (Å²) in [5, 5.41) is 0. The van der Waals surface area contributed by atoms with E-state index in [1.165, 1.54) is 0 Å². The lowest BCUT2D eigenvalue weighted by molar-refractivity contribution is 1.17. The normalized spacial score (nSPS) is 10.9. The second kappa shape index (κ2) is 13.0. The molecule has 48 heavy (non-hydrogen) atoms. The number of aromatic nitrogens is 5. The molecule has 0 atom stereocenters. The molecular weight excluding hydrogens is 587 g/mol. The molecule has 4 heterocycles. The summed E-state index contributed by atoms with van der Waals surface area (Å²) in [6, 6.07) is 55.4. The number of hydrogen-bond acceptors (Lipinski definition) is 5. The van der Waals surface area contributed by atoms with E-state index >= 15 is 0 Å². The van der Waals surface area contributed by atoms with Gasteiger partial charge in [-0.05, 0) is 70.8 Å². The van der Waals surface area contributed by atoms with Gasteiger partial charge in [0.1, 0.15) is 0 Å². The highest BCUT2D eigenvalue weighted by Gasteiger charge is 2.14. The van der Waals surface area contributed by atoms with Crippen LogP contribution in [0.1, 0.15) is 0 Å². The molecule has 0 saturated carbocycles. The standard InChI is InChI=1S/C43H29N5/c1-4-13-30(14-5-1)33-19-12-20-34(25-33)39-28-40(48-43(47-39)32-17-8-3-9-18-32)35-22-23-38(45-29-35)42-27-36(31-15-6-2-7-16-31)26-41(46-42)37-21-10-11-24-44-37/h1-29H. The largest absolute Gasteiger partial charge is 0.255 e. The topological polar surface area (TPSA) is 64.5 Å². The lowest BCUT2D eigenvalue weighted by Gasteiger charge is -2.11. The summed E-state index contributed by atoms with van der Waals surface area (Å²) >= 11 is 0.